The number of amides is 1. The summed E-state index contributed by atoms with van der Waals surface area (Å²) in [6.07, 6.45) is 0.952. The van der Waals surface area contributed by atoms with Crippen molar-refractivity contribution in [3.63, 3.8) is 0 Å². The number of likely N-dealkylation sites (tertiary alicyclic amines) is 1. The first kappa shape index (κ1) is 13.5. The summed E-state index contributed by atoms with van der Waals surface area (Å²) in [5.41, 5.74) is 5.73. The molecule has 0 aromatic heterocycles. The highest BCUT2D eigenvalue weighted by Crippen LogP contribution is 2.27. The zero-order valence-corrected chi connectivity index (χ0v) is 10.7. The molecule has 0 spiro atoms. The first-order valence-corrected chi connectivity index (χ1v) is 5.96. The molecule has 0 aromatic carbocycles. The molecule has 0 aromatic rings. The summed E-state index contributed by atoms with van der Waals surface area (Å²) in [6, 6.07) is -0.548. The van der Waals surface area contributed by atoms with Gasteiger partial charge in [0.05, 0.1) is 18.7 Å². The Bertz CT molecular complexity index is 260. The minimum Gasteiger partial charge on any atom is -0.394 e. The average Bonchev–Trinajstić information content (AvgIpc) is 2.55. The first-order valence-electron chi connectivity index (χ1n) is 5.96. The van der Waals surface area contributed by atoms with Crippen LogP contribution < -0.4 is 5.73 Å². The van der Waals surface area contributed by atoms with Gasteiger partial charge in [-0.1, -0.05) is 27.7 Å². The van der Waals surface area contributed by atoms with Gasteiger partial charge in [0.25, 0.3) is 0 Å². The molecule has 1 saturated heterocycles. The monoisotopic (exact) mass is 228 g/mol. The lowest BCUT2D eigenvalue weighted by Gasteiger charge is -2.33. The quantitative estimate of drug-likeness (QED) is 0.727. The second kappa shape index (κ2) is 4.72. The van der Waals surface area contributed by atoms with E-state index in [2.05, 4.69) is 6.92 Å². The Kier molecular flexibility index (Phi) is 3.97. The van der Waals surface area contributed by atoms with Gasteiger partial charge in [-0.25, -0.2) is 0 Å². The van der Waals surface area contributed by atoms with Gasteiger partial charge in [-0.05, 0) is 17.8 Å². The average molecular weight is 228 g/mol. The third-order valence-electron chi connectivity index (χ3n) is 3.55. The number of hydrogen-bond donors (Lipinski definition) is 2. The zero-order chi connectivity index (χ0) is 12.5. The molecule has 3 atom stereocenters. The summed E-state index contributed by atoms with van der Waals surface area (Å²) in [5.74, 6) is 0.331. The zero-order valence-electron chi connectivity index (χ0n) is 10.7. The Morgan fingerprint density at radius 3 is 2.56 bits per heavy atom. The first-order chi connectivity index (χ1) is 7.29. The largest absolute Gasteiger partial charge is 0.394 e. The topological polar surface area (TPSA) is 66.6 Å². The van der Waals surface area contributed by atoms with Crippen molar-refractivity contribution in [2.75, 3.05) is 13.2 Å². The third kappa shape index (κ3) is 2.55. The van der Waals surface area contributed by atoms with E-state index in [0.29, 0.717) is 5.92 Å². The molecular formula is C12H24N2O2. The summed E-state index contributed by atoms with van der Waals surface area (Å²) < 4.78 is 0. The fraction of sp³-hybridized carbons (Fsp3) is 0.917. The summed E-state index contributed by atoms with van der Waals surface area (Å²) in [5, 5.41) is 9.31. The maximum atomic E-state index is 12.2. The van der Waals surface area contributed by atoms with Crippen molar-refractivity contribution in [1.29, 1.82) is 0 Å². The van der Waals surface area contributed by atoms with E-state index < -0.39 is 6.04 Å². The summed E-state index contributed by atoms with van der Waals surface area (Å²) >= 11 is 0. The lowest BCUT2D eigenvalue weighted by atomic mass is 9.86. The number of rotatable bonds is 2. The molecule has 0 radical (unpaired) electrons. The van der Waals surface area contributed by atoms with Gasteiger partial charge in [0.15, 0.2) is 0 Å². The van der Waals surface area contributed by atoms with Crippen LogP contribution in [0.2, 0.25) is 0 Å². The van der Waals surface area contributed by atoms with Crippen LogP contribution in [-0.2, 0) is 4.79 Å². The Morgan fingerprint density at radius 1 is 1.56 bits per heavy atom. The van der Waals surface area contributed by atoms with Crippen LogP contribution in [0.4, 0.5) is 0 Å². The highest BCUT2D eigenvalue weighted by Gasteiger charge is 2.39. The van der Waals surface area contributed by atoms with Gasteiger partial charge < -0.3 is 15.7 Å². The van der Waals surface area contributed by atoms with Crippen LogP contribution in [0.25, 0.3) is 0 Å². The number of nitrogens with zero attached hydrogens (tertiary/aromatic N) is 1. The Labute approximate surface area is 97.8 Å². The van der Waals surface area contributed by atoms with Crippen LogP contribution in [0.15, 0.2) is 0 Å². The predicted molar refractivity (Wildman–Crippen MR) is 63.8 cm³/mol. The van der Waals surface area contributed by atoms with Gasteiger partial charge in [0, 0.05) is 6.54 Å². The second-order valence-electron chi connectivity index (χ2n) is 5.89. The van der Waals surface area contributed by atoms with E-state index in [1.165, 1.54) is 0 Å². The van der Waals surface area contributed by atoms with E-state index in [1.54, 1.807) is 4.90 Å². The van der Waals surface area contributed by atoms with Crippen molar-refractivity contribution in [2.45, 2.75) is 46.2 Å². The summed E-state index contributed by atoms with van der Waals surface area (Å²) in [7, 11) is 0. The van der Waals surface area contributed by atoms with E-state index >= 15 is 0 Å². The molecule has 4 nitrogen and oxygen atoms in total. The molecule has 1 rings (SSSR count). The van der Waals surface area contributed by atoms with Crippen molar-refractivity contribution in [3.8, 4) is 0 Å². The molecule has 1 aliphatic heterocycles. The van der Waals surface area contributed by atoms with E-state index in [4.69, 9.17) is 5.73 Å². The van der Waals surface area contributed by atoms with Crippen LogP contribution in [-0.4, -0.2) is 41.1 Å². The maximum absolute atomic E-state index is 12.2. The molecule has 0 bridgehead atoms. The van der Waals surface area contributed by atoms with E-state index in [9.17, 15) is 9.90 Å². The molecule has 2 unspecified atom stereocenters. The number of carbonyl (C=O) groups excluding carboxylic acids is 1. The van der Waals surface area contributed by atoms with Crippen molar-refractivity contribution in [1.82, 2.24) is 4.90 Å². The lowest BCUT2D eigenvalue weighted by molar-refractivity contribution is -0.136. The predicted octanol–water partition coefficient (Wildman–Crippen LogP) is 0.589. The third-order valence-corrected chi connectivity index (χ3v) is 3.55. The van der Waals surface area contributed by atoms with Gasteiger partial charge in [-0.15, -0.1) is 0 Å². The molecule has 1 fully saturated rings. The van der Waals surface area contributed by atoms with Crippen molar-refractivity contribution < 1.29 is 9.90 Å². The van der Waals surface area contributed by atoms with Crippen LogP contribution in [0.3, 0.4) is 0 Å². The standard InChI is InChI=1S/C12H24N2O2/c1-8-5-6-14(9(8)7-15)11(16)10(13)12(2,3)4/h8-10,15H,5-7,13H2,1-4H3/t8?,9?,10-/m1/s1. The van der Waals surface area contributed by atoms with Crippen LogP contribution >= 0.6 is 0 Å². The normalized spacial score (nSPS) is 28.2. The van der Waals surface area contributed by atoms with E-state index in [-0.39, 0.29) is 24.0 Å². The summed E-state index contributed by atoms with van der Waals surface area (Å²) in [4.78, 5) is 13.9. The van der Waals surface area contributed by atoms with Gasteiger partial charge in [-0.2, -0.15) is 0 Å². The number of nitrogens with two attached hydrogens (primary N) is 1. The van der Waals surface area contributed by atoms with E-state index in [1.807, 2.05) is 20.8 Å². The van der Waals surface area contributed by atoms with Gasteiger partial charge in [0.2, 0.25) is 5.91 Å². The van der Waals surface area contributed by atoms with Gasteiger partial charge in [0.1, 0.15) is 0 Å². The van der Waals surface area contributed by atoms with Crippen molar-refractivity contribution in [3.05, 3.63) is 0 Å². The number of aliphatic hydroxyl groups is 1. The molecule has 3 N–H and O–H groups in total. The Balaban J connectivity index is 2.75. The van der Waals surface area contributed by atoms with Crippen molar-refractivity contribution in [2.24, 2.45) is 17.1 Å². The highest BCUT2D eigenvalue weighted by atomic mass is 16.3. The highest BCUT2D eigenvalue weighted by molar-refractivity contribution is 5.83. The molecule has 1 amide bonds. The number of hydrogen-bond acceptors (Lipinski definition) is 3. The Hall–Kier alpha value is -0.610. The molecular weight excluding hydrogens is 204 g/mol. The van der Waals surface area contributed by atoms with Crippen molar-refractivity contribution >= 4 is 5.91 Å². The van der Waals surface area contributed by atoms with Crippen LogP contribution in [0.5, 0.6) is 0 Å². The van der Waals surface area contributed by atoms with Crippen LogP contribution in [0.1, 0.15) is 34.1 Å². The molecule has 94 valence electrons. The molecule has 4 heteroatoms. The van der Waals surface area contributed by atoms with Gasteiger partial charge in [-0.3, -0.25) is 4.79 Å². The fourth-order valence-electron chi connectivity index (χ4n) is 2.11. The van der Waals surface area contributed by atoms with E-state index in [0.717, 1.165) is 13.0 Å². The number of aliphatic hydroxyl groups excluding tert-OH is 1. The minimum absolute atomic E-state index is 0.0315. The van der Waals surface area contributed by atoms with Crippen LogP contribution in [0, 0.1) is 11.3 Å². The van der Waals surface area contributed by atoms with Gasteiger partial charge >= 0.3 is 0 Å². The second-order valence-corrected chi connectivity index (χ2v) is 5.89. The summed E-state index contributed by atoms with van der Waals surface area (Å²) in [6.45, 7) is 8.70. The maximum Gasteiger partial charge on any atom is 0.240 e. The number of carbonyl (C=O) groups is 1. The SMILES string of the molecule is CC1CCN(C(=O)[C@@H](N)C(C)(C)C)C1CO. The molecule has 0 saturated carbocycles. The minimum atomic E-state index is -0.494. The molecule has 16 heavy (non-hydrogen) atoms. The molecule has 1 heterocycles. The smallest absolute Gasteiger partial charge is 0.240 e. The lowest BCUT2D eigenvalue weighted by Crippen LogP contribution is -2.53. The molecule has 0 aliphatic carbocycles. The fourth-order valence-corrected chi connectivity index (χ4v) is 2.11. The Morgan fingerprint density at radius 2 is 2.12 bits per heavy atom. The molecule has 1 aliphatic rings.